The predicted molar refractivity (Wildman–Crippen MR) is 70.0 cm³/mol. The molecular weight excluding hydrogens is 256 g/mol. The Morgan fingerprint density at radius 1 is 1.39 bits per heavy atom. The van der Waals surface area contributed by atoms with Gasteiger partial charge in [-0.3, -0.25) is 14.9 Å². The van der Waals surface area contributed by atoms with Gasteiger partial charge in [0.15, 0.2) is 0 Å². The maximum absolute atomic E-state index is 12.2. The van der Waals surface area contributed by atoms with Crippen molar-refractivity contribution in [3.8, 4) is 0 Å². The van der Waals surface area contributed by atoms with Crippen LogP contribution in [0, 0.1) is 10.1 Å². The van der Waals surface area contributed by atoms with E-state index in [1.165, 1.54) is 17.0 Å². The lowest BCUT2D eigenvalue weighted by Gasteiger charge is -2.20. The van der Waals surface area contributed by atoms with E-state index in [9.17, 15) is 14.9 Å². The zero-order valence-electron chi connectivity index (χ0n) is 10.1. The molecule has 0 spiro atoms. The Morgan fingerprint density at radius 2 is 2.06 bits per heavy atom. The number of halogens is 1. The molecular formula is C12H15ClN2O3. The third-order valence-electron chi connectivity index (χ3n) is 2.47. The summed E-state index contributed by atoms with van der Waals surface area (Å²) in [6.45, 7) is 2.87. The van der Waals surface area contributed by atoms with Gasteiger partial charge in [0.25, 0.3) is 11.6 Å². The van der Waals surface area contributed by atoms with Gasteiger partial charge in [0.05, 0.1) is 4.92 Å². The van der Waals surface area contributed by atoms with Gasteiger partial charge in [-0.05, 0) is 12.5 Å². The first-order chi connectivity index (χ1) is 8.61. The lowest BCUT2D eigenvalue weighted by atomic mass is 10.1. The minimum atomic E-state index is -0.544. The van der Waals surface area contributed by atoms with Crippen LogP contribution in [0.4, 0.5) is 5.69 Å². The van der Waals surface area contributed by atoms with Crippen molar-refractivity contribution in [1.29, 1.82) is 0 Å². The Bertz CT molecular complexity index is 431. The smallest absolute Gasteiger partial charge is 0.282 e. The number of benzene rings is 1. The van der Waals surface area contributed by atoms with Crippen LogP contribution in [0.3, 0.4) is 0 Å². The number of nitrogens with zero attached hydrogens (tertiary/aromatic N) is 2. The molecule has 0 aliphatic carbocycles. The minimum absolute atomic E-state index is 0.112. The Hall–Kier alpha value is -1.62. The topological polar surface area (TPSA) is 63.5 Å². The van der Waals surface area contributed by atoms with Gasteiger partial charge in [0.2, 0.25) is 0 Å². The Morgan fingerprint density at radius 3 is 2.61 bits per heavy atom. The average Bonchev–Trinajstić information content (AvgIpc) is 2.37. The molecule has 1 aromatic rings. The van der Waals surface area contributed by atoms with E-state index in [-0.39, 0.29) is 17.2 Å². The lowest BCUT2D eigenvalue weighted by Crippen LogP contribution is -2.33. The van der Waals surface area contributed by atoms with Gasteiger partial charge >= 0.3 is 0 Å². The van der Waals surface area contributed by atoms with E-state index < -0.39 is 4.92 Å². The van der Waals surface area contributed by atoms with E-state index in [1.807, 2.05) is 6.92 Å². The van der Waals surface area contributed by atoms with E-state index in [0.29, 0.717) is 19.0 Å². The molecule has 5 nitrogen and oxygen atoms in total. The molecule has 0 aliphatic heterocycles. The molecule has 1 aromatic carbocycles. The van der Waals surface area contributed by atoms with Gasteiger partial charge in [-0.15, -0.1) is 11.6 Å². The summed E-state index contributed by atoms with van der Waals surface area (Å²) in [5.74, 6) is -0.0309. The van der Waals surface area contributed by atoms with Crippen molar-refractivity contribution in [2.45, 2.75) is 13.3 Å². The monoisotopic (exact) mass is 270 g/mol. The van der Waals surface area contributed by atoms with Gasteiger partial charge in [-0.2, -0.15) is 0 Å². The summed E-state index contributed by atoms with van der Waals surface area (Å²) in [4.78, 5) is 24.1. The maximum atomic E-state index is 12.2. The van der Waals surface area contributed by atoms with Crippen LogP contribution in [-0.4, -0.2) is 34.7 Å². The molecule has 0 fully saturated rings. The SMILES string of the molecule is CCCN(CCCl)C(=O)c1ccccc1[N+](=O)[O-]. The van der Waals surface area contributed by atoms with Crippen molar-refractivity contribution in [1.82, 2.24) is 4.90 Å². The Kier molecular flexibility index (Phi) is 5.58. The highest BCUT2D eigenvalue weighted by atomic mass is 35.5. The fraction of sp³-hybridized carbons (Fsp3) is 0.417. The zero-order chi connectivity index (χ0) is 13.5. The Labute approximate surface area is 110 Å². The molecule has 0 saturated carbocycles. The predicted octanol–water partition coefficient (Wildman–Crippen LogP) is 2.69. The highest BCUT2D eigenvalue weighted by Gasteiger charge is 2.23. The second-order valence-electron chi connectivity index (χ2n) is 3.76. The van der Waals surface area contributed by atoms with Gasteiger partial charge in [-0.25, -0.2) is 0 Å². The molecule has 1 amide bonds. The number of amides is 1. The van der Waals surface area contributed by atoms with E-state index in [0.717, 1.165) is 6.42 Å². The normalized spacial score (nSPS) is 10.1. The number of hydrogen-bond acceptors (Lipinski definition) is 3. The number of nitro benzene ring substituents is 1. The molecule has 18 heavy (non-hydrogen) atoms. The van der Waals surface area contributed by atoms with Crippen LogP contribution in [0.25, 0.3) is 0 Å². The van der Waals surface area contributed by atoms with E-state index in [4.69, 9.17) is 11.6 Å². The molecule has 0 unspecified atom stereocenters. The summed E-state index contributed by atoms with van der Waals surface area (Å²) in [5, 5.41) is 10.9. The van der Waals surface area contributed by atoms with Crippen LogP contribution in [0.5, 0.6) is 0 Å². The quantitative estimate of drug-likeness (QED) is 0.453. The summed E-state index contributed by atoms with van der Waals surface area (Å²) in [7, 11) is 0. The van der Waals surface area contributed by atoms with Gasteiger partial charge < -0.3 is 4.90 Å². The number of rotatable bonds is 6. The largest absolute Gasteiger partial charge is 0.337 e. The van der Waals surface area contributed by atoms with Crippen LogP contribution >= 0.6 is 11.6 Å². The fourth-order valence-electron chi connectivity index (χ4n) is 1.67. The standard InChI is InChI=1S/C12H15ClN2O3/c1-2-8-14(9-7-13)12(16)10-5-3-4-6-11(10)15(17)18/h3-6H,2,7-9H2,1H3. The van der Waals surface area contributed by atoms with E-state index in [1.54, 1.807) is 12.1 Å². The number of carbonyl (C=O) groups excluding carboxylic acids is 1. The summed E-state index contributed by atoms with van der Waals surface area (Å²) in [6.07, 6.45) is 0.781. The molecule has 0 saturated heterocycles. The highest BCUT2D eigenvalue weighted by Crippen LogP contribution is 2.19. The zero-order valence-corrected chi connectivity index (χ0v) is 10.9. The van der Waals surface area contributed by atoms with Crippen LogP contribution in [0.1, 0.15) is 23.7 Å². The number of para-hydroxylation sites is 1. The molecule has 0 bridgehead atoms. The first-order valence-corrected chi connectivity index (χ1v) is 6.24. The Balaban J connectivity index is 3.04. The summed E-state index contributed by atoms with van der Waals surface area (Å²) >= 11 is 5.64. The van der Waals surface area contributed by atoms with Crippen LogP contribution in [0.2, 0.25) is 0 Å². The molecule has 0 aliphatic rings. The third kappa shape index (κ3) is 3.43. The summed E-state index contributed by atoms with van der Waals surface area (Å²) in [6, 6.07) is 5.96. The van der Waals surface area contributed by atoms with Gasteiger partial charge in [0.1, 0.15) is 5.56 Å². The molecule has 0 aromatic heterocycles. The van der Waals surface area contributed by atoms with Crippen molar-refractivity contribution in [2.75, 3.05) is 19.0 Å². The second kappa shape index (κ2) is 6.96. The van der Waals surface area contributed by atoms with Crippen LogP contribution in [-0.2, 0) is 0 Å². The number of hydrogen-bond donors (Lipinski definition) is 0. The minimum Gasteiger partial charge on any atom is -0.337 e. The lowest BCUT2D eigenvalue weighted by molar-refractivity contribution is -0.385. The first-order valence-electron chi connectivity index (χ1n) is 5.70. The van der Waals surface area contributed by atoms with Crippen molar-refractivity contribution in [3.05, 3.63) is 39.9 Å². The fourth-order valence-corrected chi connectivity index (χ4v) is 1.87. The van der Waals surface area contributed by atoms with Gasteiger partial charge in [0, 0.05) is 25.0 Å². The second-order valence-corrected chi connectivity index (χ2v) is 4.13. The highest BCUT2D eigenvalue weighted by molar-refractivity contribution is 6.18. The number of alkyl halides is 1. The van der Waals surface area contributed by atoms with Crippen molar-refractivity contribution in [2.24, 2.45) is 0 Å². The summed E-state index contributed by atoms with van der Waals surface area (Å²) in [5.41, 5.74) is -0.0563. The van der Waals surface area contributed by atoms with Crippen molar-refractivity contribution in [3.63, 3.8) is 0 Å². The molecule has 0 heterocycles. The molecule has 1 rings (SSSR count). The van der Waals surface area contributed by atoms with Crippen molar-refractivity contribution >= 4 is 23.2 Å². The average molecular weight is 271 g/mol. The van der Waals surface area contributed by atoms with Gasteiger partial charge in [-0.1, -0.05) is 19.1 Å². The molecule has 98 valence electrons. The van der Waals surface area contributed by atoms with E-state index in [2.05, 4.69) is 0 Å². The first kappa shape index (κ1) is 14.4. The number of nitro groups is 1. The van der Waals surface area contributed by atoms with Crippen LogP contribution in [0.15, 0.2) is 24.3 Å². The van der Waals surface area contributed by atoms with E-state index >= 15 is 0 Å². The third-order valence-corrected chi connectivity index (χ3v) is 2.64. The molecule has 0 atom stereocenters. The van der Waals surface area contributed by atoms with Crippen LogP contribution < -0.4 is 0 Å². The molecule has 6 heteroatoms. The molecule has 0 radical (unpaired) electrons. The number of carbonyl (C=O) groups is 1. The van der Waals surface area contributed by atoms with Crippen molar-refractivity contribution < 1.29 is 9.72 Å². The maximum Gasteiger partial charge on any atom is 0.282 e. The summed E-state index contributed by atoms with van der Waals surface area (Å²) < 4.78 is 0. The molecule has 0 N–H and O–H groups in total.